The SMILES string of the molecule is CCN1C(=O)CN(CCCCCO[C@H]2CC[C@H]3[C@@H]4CC[C@H]5CC(F)(F)CC[C@]5(C)[C@H]4CC[C@]23C)c2ncc(-c3ccc(-c4nc[nH]n4)nc3C)nc21. The summed E-state index contributed by atoms with van der Waals surface area (Å²) >= 11 is 0. The molecule has 0 spiro atoms. The van der Waals surface area contributed by atoms with Gasteiger partial charge in [-0.3, -0.25) is 14.8 Å². The third kappa shape index (κ3) is 6.20. The summed E-state index contributed by atoms with van der Waals surface area (Å²) in [7, 11) is 0. The van der Waals surface area contributed by atoms with Gasteiger partial charge in [-0.15, -0.1) is 0 Å². The topological polar surface area (TPSA) is 113 Å². The lowest BCUT2D eigenvalue weighted by Crippen LogP contribution is -2.55. The molecule has 0 aromatic carbocycles. The molecule has 0 radical (unpaired) electrons. The number of hydrogen-bond acceptors (Lipinski definition) is 8. The van der Waals surface area contributed by atoms with E-state index in [0.717, 1.165) is 75.2 Å². The minimum absolute atomic E-state index is 0.0299. The summed E-state index contributed by atoms with van der Waals surface area (Å²) in [5.41, 5.74) is 3.25. The Hall–Kier alpha value is -3.54. The van der Waals surface area contributed by atoms with E-state index in [1.54, 1.807) is 11.1 Å². The normalized spacial score (nSPS) is 32.3. The predicted octanol–water partition coefficient (Wildman–Crippen LogP) is 8.04. The zero-order chi connectivity index (χ0) is 36.3. The smallest absolute Gasteiger partial charge is 0.248 e. The predicted molar refractivity (Wildman–Crippen MR) is 196 cm³/mol. The van der Waals surface area contributed by atoms with Crippen LogP contribution in [0.25, 0.3) is 22.8 Å². The van der Waals surface area contributed by atoms with Crippen LogP contribution in [-0.2, 0) is 9.53 Å². The first-order chi connectivity index (χ1) is 25.0. The Morgan fingerprint density at radius 3 is 2.56 bits per heavy atom. The quantitative estimate of drug-likeness (QED) is 0.210. The Kier molecular flexibility index (Phi) is 9.35. The first kappa shape index (κ1) is 35.5. The van der Waals surface area contributed by atoms with Gasteiger partial charge in [0.25, 0.3) is 0 Å². The minimum Gasteiger partial charge on any atom is -0.378 e. The maximum Gasteiger partial charge on any atom is 0.248 e. The number of aromatic nitrogens is 6. The number of unbranched alkanes of at least 4 members (excludes halogenated alkanes) is 2. The second kappa shape index (κ2) is 13.7. The Morgan fingerprint density at radius 2 is 1.77 bits per heavy atom. The van der Waals surface area contributed by atoms with Crippen molar-refractivity contribution in [1.29, 1.82) is 0 Å². The van der Waals surface area contributed by atoms with Crippen LogP contribution in [0.4, 0.5) is 20.4 Å². The van der Waals surface area contributed by atoms with Crippen LogP contribution in [0.1, 0.15) is 104 Å². The number of carbonyl (C=O) groups is 1. The van der Waals surface area contributed by atoms with E-state index < -0.39 is 5.92 Å². The fraction of sp³-hybridized carbons (Fsp3) is 0.700. The lowest BCUT2D eigenvalue weighted by atomic mass is 9.45. The molecule has 3 aromatic rings. The summed E-state index contributed by atoms with van der Waals surface area (Å²) < 4.78 is 35.4. The second-order valence-electron chi connectivity index (χ2n) is 16.9. The maximum absolute atomic E-state index is 14.4. The van der Waals surface area contributed by atoms with Crippen molar-refractivity contribution in [2.24, 2.45) is 34.5 Å². The van der Waals surface area contributed by atoms with Gasteiger partial charge in [0, 0.05) is 43.8 Å². The van der Waals surface area contributed by atoms with E-state index in [-0.39, 0.29) is 41.6 Å². The average molecular weight is 717 g/mol. The van der Waals surface area contributed by atoms with Crippen LogP contribution in [-0.4, -0.2) is 74.3 Å². The van der Waals surface area contributed by atoms with Crippen LogP contribution < -0.4 is 9.80 Å². The Balaban J connectivity index is 0.852. The average Bonchev–Trinajstić information content (AvgIpc) is 3.78. The molecule has 1 amide bonds. The van der Waals surface area contributed by atoms with Gasteiger partial charge in [0.2, 0.25) is 11.8 Å². The third-order valence-corrected chi connectivity index (χ3v) is 14.2. The van der Waals surface area contributed by atoms with Crippen molar-refractivity contribution in [3.8, 4) is 22.8 Å². The lowest BCUT2D eigenvalue weighted by Gasteiger charge is -2.61. The molecule has 4 fully saturated rings. The highest BCUT2D eigenvalue weighted by molar-refractivity contribution is 6.01. The van der Waals surface area contributed by atoms with E-state index in [9.17, 15) is 13.6 Å². The summed E-state index contributed by atoms with van der Waals surface area (Å²) in [5, 5.41) is 6.85. The number of likely N-dealkylation sites (N-methyl/N-ethyl adjacent to an activating group) is 1. The molecule has 3 aromatic heterocycles. The fourth-order valence-corrected chi connectivity index (χ4v) is 11.4. The van der Waals surface area contributed by atoms with Crippen LogP contribution in [0.3, 0.4) is 0 Å². The molecule has 12 heteroatoms. The molecule has 0 unspecified atom stereocenters. The number of hydrogen-bond donors (Lipinski definition) is 1. The summed E-state index contributed by atoms with van der Waals surface area (Å²) in [4.78, 5) is 35.7. The molecule has 5 aliphatic rings. The number of anilines is 2. The minimum atomic E-state index is -2.47. The van der Waals surface area contributed by atoms with Crippen molar-refractivity contribution >= 4 is 17.5 Å². The zero-order valence-corrected chi connectivity index (χ0v) is 31.2. The number of aryl methyl sites for hydroxylation is 1. The molecule has 7 atom stereocenters. The zero-order valence-electron chi connectivity index (χ0n) is 31.2. The fourth-order valence-electron chi connectivity index (χ4n) is 11.4. The molecule has 52 heavy (non-hydrogen) atoms. The van der Waals surface area contributed by atoms with E-state index >= 15 is 0 Å². The molecule has 8 rings (SSSR count). The molecule has 4 aliphatic carbocycles. The molecule has 1 N–H and O–H groups in total. The third-order valence-electron chi connectivity index (χ3n) is 14.2. The molecular weight excluding hydrogens is 662 g/mol. The highest BCUT2D eigenvalue weighted by Gasteiger charge is 2.62. The van der Waals surface area contributed by atoms with Crippen LogP contribution in [0.5, 0.6) is 0 Å². The standard InChI is InChI=1S/C40H54F2N8O2/c1-5-50-34(51)23-49(36-37(50)47-32(22-43-36)27-11-13-31(46-25(27)2)35-44-24-45-48-35)19-7-6-8-20-52-33-14-12-29-28-10-9-26-21-40(41,42)18-17-38(26,3)30(28)15-16-39(29,33)4/h11,13,22,24,26,28-30,33H,5-10,12,14-21,23H2,1-4H3,(H,44,45,48)/t26-,28-,29-,30-,33-,38-,39-/m0/s1. The van der Waals surface area contributed by atoms with Crippen LogP contribution in [0.15, 0.2) is 24.7 Å². The monoisotopic (exact) mass is 716 g/mol. The Bertz CT molecular complexity index is 1770. The number of carbonyl (C=O) groups excluding carboxylic acids is 1. The van der Waals surface area contributed by atoms with Crippen LogP contribution in [0, 0.1) is 41.4 Å². The number of pyridine rings is 1. The van der Waals surface area contributed by atoms with Gasteiger partial charge in [-0.1, -0.05) is 13.8 Å². The van der Waals surface area contributed by atoms with Crippen molar-refractivity contribution in [2.45, 2.75) is 117 Å². The summed E-state index contributed by atoms with van der Waals surface area (Å²) in [6.45, 7) is 11.0. The Morgan fingerprint density at radius 1 is 0.923 bits per heavy atom. The molecule has 4 heterocycles. The molecule has 0 bridgehead atoms. The molecule has 0 saturated heterocycles. The summed E-state index contributed by atoms with van der Waals surface area (Å²) in [6, 6.07) is 3.83. The van der Waals surface area contributed by atoms with Gasteiger partial charge in [0.15, 0.2) is 17.5 Å². The highest BCUT2D eigenvalue weighted by Crippen LogP contribution is 2.67. The van der Waals surface area contributed by atoms with E-state index in [2.05, 4.69) is 38.9 Å². The number of amides is 1. The van der Waals surface area contributed by atoms with Gasteiger partial charge in [-0.05, 0) is 125 Å². The number of nitrogens with zero attached hydrogens (tertiary/aromatic N) is 7. The Labute approximate surface area is 306 Å². The number of nitrogens with one attached hydrogen (secondary N) is 1. The highest BCUT2D eigenvalue weighted by atomic mass is 19.3. The number of ether oxygens (including phenoxy) is 1. The number of fused-ring (bicyclic) bond motifs is 6. The van der Waals surface area contributed by atoms with E-state index in [1.165, 1.54) is 19.2 Å². The van der Waals surface area contributed by atoms with Gasteiger partial charge in [-0.25, -0.2) is 28.7 Å². The lowest BCUT2D eigenvalue weighted by molar-refractivity contribution is -0.169. The van der Waals surface area contributed by atoms with Crippen LogP contribution in [0.2, 0.25) is 0 Å². The number of halogens is 2. The maximum atomic E-state index is 14.4. The number of alkyl halides is 2. The summed E-state index contributed by atoms with van der Waals surface area (Å²) in [6.07, 6.45) is 14.1. The number of rotatable bonds is 10. The van der Waals surface area contributed by atoms with Crippen LogP contribution >= 0.6 is 0 Å². The van der Waals surface area contributed by atoms with Crippen molar-refractivity contribution in [2.75, 3.05) is 36.0 Å². The largest absolute Gasteiger partial charge is 0.378 e. The second-order valence-corrected chi connectivity index (χ2v) is 16.9. The molecule has 4 saturated carbocycles. The number of H-pyrrole nitrogens is 1. The first-order valence-corrected chi connectivity index (χ1v) is 19.8. The van der Waals surface area contributed by atoms with Gasteiger partial charge < -0.3 is 9.64 Å². The van der Waals surface area contributed by atoms with Gasteiger partial charge >= 0.3 is 0 Å². The van der Waals surface area contributed by atoms with Crippen molar-refractivity contribution < 1.29 is 18.3 Å². The van der Waals surface area contributed by atoms with Crippen molar-refractivity contribution in [3.05, 3.63) is 30.4 Å². The molecule has 280 valence electrons. The molecule has 1 aliphatic heterocycles. The molecular formula is C40H54F2N8O2. The molecule has 10 nitrogen and oxygen atoms in total. The number of aromatic amines is 1. The summed E-state index contributed by atoms with van der Waals surface area (Å²) in [5.74, 6) is 1.51. The first-order valence-electron chi connectivity index (χ1n) is 19.8. The van der Waals surface area contributed by atoms with E-state index in [0.29, 0.717) is 60.3 Å². The van der Waals surface area contributed by atoms with E-state index in [1.807, 2.05) is 26.0 Å². The van der Waals surface area contributed by atoms with Crippen molar-refractivity contribution in [1.82, 2.24) is 30.1 Å². The van der Waals surface area contributed by atoms with E-state index in [4.69, 9.17) is 14.7 Å². The van der Waals surface area contributed by atoms with Gasteiger partial charge in [0.05, 0.1) is 24.5 Å². The van der Waals surface area contributed by atoms with Crippen molar-refractivity contribution in [3.63, 3.8) is 0 Å². The van der Waals surface area contributed by atoms with Gasteiger partial charge in [0.1, 0.15) is 12.0 Å². The van der Waals surface area contributed by atoms with Gasteiger partial charge in [-0.2, -0.15) is 5.10 Å².